The Morgan fingerprint density at radius 1 is 0.652 bits per heavy atom. The van der Waals surface area contributed by atoms with Crippen LogP contribution in [0.3, 0.4) is 0 Å². The van der Waals surface area contributed by atoms with Gasteiger partial charge < -0.3 is 4.74 Å². The second-order valence-corrected chi connectivity index (χ2v) is 9.53. The molecule has 0 aromatic heterocycles. The third-order valence-corrected chi connectivity index (χ3v) is 6.39. The molecular weight excluding hydrogens is 280 g/mol. The summed E-state index contributed by atoms with van der Waals surface area (Å²) in [5.41, 5.74) is 0.224. The van der Waals surface area contributed by atoms with Crippen molar-refractivity contribution in [2.45, 2.75) is 67.6 Å². The highest BCUT2D eigenvalue weighted by Gasteiger charge is 2.48. The molecule has 0 heterocycles. The first-order valence-corrected chi connectivity index (χ1v) is 8.79. The fourth-order valence-electron chi connectivity index (χ4n) is 3.32. The summed E-state index contributed by atoms with van der Waals surface area (Å²) in [6.45, 7) is 18.4. The molecule has 0 saturated heterocycles. The summed E-state index contributed by atoms with van der Waals surface area (Å²) in [5, 5.41) is 0. The van der Waals surface area contributed by atoms with E-state index in [-0.39, 0.29) is 33.9 Å². The molecule has 2 aliphatic carbocycles. The third kappa shape index (κ3) is 3.13. The minimum atomic E-state index is -0.0183. The molecule has 0 aromatic carbocycles. The lowest BCUT2D eigenvalue weighted by Crippen LogP contribution is -2.50. The van der Waals surface area contributed by atoms with E-state index in [4.69, 9.17) is 4.74 Å². The molecule has 0 saturated carbocycles. The van der Waals surface area contributed by atoms with Gasteiger partial charge in [0.1, 0.15) is 0 Å². The fraction of sp³-hybridized carbons (Fsp3) is 0.636. The van der Waals surface area contributed by atoms with E-state index in [1.807, 2.05) is 0 Å². The maximum absolute atomic E-state index is 6.74. The molecule has 0 fully saturated rings. The molecule has 1 nitrogen and oxygen atoms in total. The summed E-state index contributed by atoms with van der Waals surface area (Å²) in [7, 11) is 0. The summed E-state index contributed by atoms with van der Waals surface area (Å²) in [6.07, 6.45) is 17.8. The Bertz CT molecular complexity index is 500. The smallest absolute Gasteiger partial charge is 0.0860 e. The zero-order chi connectivity index (χ0) is 17.5. The minimum Gasteiger partial charge on any atom is -0.365 e. The maximum atomic E-state index is 6.74. The molecular formula is C22H34O. The standard InChI is InChI=1S/C22H34O/c1-19(2,3)21(7)15-11-9-13-17(21)23-18-14-10-12-16-22(18,8)20(4,5)6/h9-18H,1-8H3. The van der Waals surface area contributed by atoms with Gasteiger partial charge in [-0.3, -0.25) is 0 Å². The van der Waals surface area contributed by atoms with Crippen molar-refractivity contribution in [3.63, 3.8) is 0 Å². The molecule has 0 amide bonds. The highest BCUT2D eigenvalue weighted by Crippen LogP contribution is 2.50. The Hall–Kier alpha value is -1.08. The zero-order valence-corrected chi connectivity index (χ0v) is 16.2. The van der Waals surface area contributed by atoms with Crippen LogP contribution in [0.2, 0.25) is 0 Å². The van der Waals surface area contributed by atoms with Gasteiger partial charge in [0.15, 0.2) is 0 Å². The van der Waals surface area contributed by atoms with Gasteiger partial charge >= 0.3 is 0 Å². The van der Waals surface area contributed by atoms with Crippen molar-refractivity contribution in [2.75, 3.05) is 0 Å². The van der Waals surface area contributed by atoms with E-state index in [1.165, 1.54) is 0 Å². The maximum Gasteiger partial charge on any atom is 0.0860 e. The summed E-state index contributed by atoms with van der Waals surface area (Å²) in [6, 6.07) is 0. The molecule has 128 valence electrons. The van der Waals surface area contributed by atoms with Crippen LogP contribution >= 0.6 is 0 Å². The number of rotatable bonds is 2. The zero-order valence-electron chi connectivity index (χ0n) is 16.2. The number of hydrogen-bond acceptors (Lipinski definition) is 1. The summed E-state index contributed by atoms with van der Waals surface area (Å²) in [4.78, 5) is 0. The van der Waals surface area contributed by atoms with Crippen LogP contribution in [0.1, 0.15) is 55.4 Å². The topological polar surface area (TPSA) is 9.23 Å². The van der Waals surface area contributed by atoms with Gasteiger partial charge in [0.25, 0.3) is 0 Å². The van der Waals surface area contributed by atoms with Crippen molar-refractivity contribution >= 4 is 0 Å². The summed E-state index contributed by atoms with van der Waals surface area (Å²) < 4.78 is 6.74. The lowest BCUT2D eigenvalue weighted by atomic mass is 9.61. The Morgan fingerprint density at radius 3 is 1.30 bits per heavy atom. The van der Waals surface area contributed by atoms with Gasteiger partial charge in [-0.1, -0.05) is 104 Å². The van der Waals surface area contributed by atoms with Crippen LogP contribution in [0.15, 0.2) is 48.6 Å². The second-order valence-electron chi connectivity index (χ2n) is 9.53. The van der Waals surface area contributed by atoms with Crippen LogP contribution in [0.5, 0.6) is 0 Å². The van der Waals surface area contributed by atoms with Crippen molar-refractivity contribution in [2.24, 2.45) is 21.7 Å². The van der Waals surface area contributed by atoms with Crippen LogP contribution in [0.25, 0.3) is 0 Å². The largest absolute Gasteiger partial charge is 0.365 e. The van der Waals surface area contributed by atoms with E-state index < -0.39 is 0 Å². The molecule has 1 heteroatoms. The van der Waals surface area contributed by atoms with Crippen LogP contribution in [0.4, 0.5) is 0 Å². The fourth-order valence-corrected chi connectivity index (χ4v) is 3.32. The van der Waals surface area contributed by atoms with E-state index in [2.05, 4.69) is 104 Å². The predicted octanol–water partition coefficient (Wildman–Crippen LogP) is 6.10. The lowest BCUT2D eigenvalue weighted by molar-refractivity contribution is -0.107. The number of allylic oxidation sites excluding steroid dienone is 4. The van der Waals surface area contributed by atoms with Crippen molar-refractivity contribution in [3.8, 4) is 0 Å². The van der Waals surface area contributed by atoms with E-state index >= 15 is 0 Å². The molecule has 0 spiro atoms. The molecule has 0 bridgehead atoms. The van der Waals surface area contributed by atoms with Crippen LogP contribution in [-0.4, -0.2) is 12.2 Å². The van der Waals surface area contributed by atoms with Crippen LogP contribution < -0.4 is 0 Å². The highest BCUT2D eigenvalue weighted by atomic mass is 16.5. The van der Waals surface area contributed by atoms with Gasteiger partial charge in [0.2, 0.25) is 0 Å². The van der Waals surface area contributed by atoms with Crippen molar-refractivity contribution in [3.05, 3.63) is 48.6 Å². The average Bonchev–Trinajstić information content (AvgIpc) is 2.41. The van der Waals surface area contributed by atoms with E-state index in [0.717, 1.165) is 0 Å². The molecule has 23 heavy (non-hydrogen) atoms. The SMILES string of the molecule is CC(C)(C)C1(C)C=CC=CC1OC1C=CC=CC1(C)C(C)(C)C. The summed E-state index contributed by atoms with van der Waals surface area (Å²) >= 11 is 0. The molecule has 2 rings (SSSR count). The van der Waals surface area contributed by atoms with E-state index in [9.17, 15) is 0 Å². The summed E-state index contributed by atoms with van der Waals surface area (Å²) in [5.74, 6) is 0. The highest BCUT2D eigenvalue weighted by molar-refractivity contribution is 5.26. The molecule has 0 radical (unpaired) electrons. The molecule has 2 aliphatic rings. The van der Waals surface area contributed by atoms with Crippen molar-refractivity contribution in [1.29, 1.82) is 0 Å². The van der Waals surface area contributed by atoms with Crippen molar-refractivity contribution < 1.29 is 4.74 Å². The van der Waals surface area contributed by atoms with Crippen LogP contribution in [0, 0.1) is 21.7 Å². The molecule has 0 aliphatic heterocycles. The Labute approximate surface area is 143 Å². The van der Waals surface area contributed by atoms with Crippen LogP contribution in [-0.2, 0) is 4.74 Å². The number of ether oxygens (including phenoxy) is 1. The lowest BCUT2D eigenvalue weighted by Gasteiger charge is -2.51. The average molecular weight is 315 g/mol. The molecule has 0 aromatic rings. The normalized spacial score (nSPS) is 37.4. The van der Waals surface area contributed by atoms with E-state index in [0.29, 0.717) is 0 Å². The Morgan fingerprint density at radius 2 is 1.00 bits per heavy atom. The molecule has 4 atom stereocenters. The van der Waals surface area contributed by atoms with Gasteiger partial charge in [0.05, 0.1) is 12.2 Å². The van der Waals surface area contributed by atoms with Crippen molar-refractivity contribution in [1.82, 2.24) is 0 Å². The minimum absolute atomic E-state index is 0.0183. The van der Waals surface area contributed by atoms with Gasteiger partial charge in [-0.2, -0.15) is 0 Å². The Balaban J connectivity index is 2.33. The third-order valence-electron chi connectivity index (χ3n) is 6.39. The predicted molar refractivity (Wildman–Crippen MR) is 100 cm³/mol. The van der Waals surface area contributed by atoms with Gasteiger partial charge in [-0.05, 0) is 10.8 Å². The monoisotopic (exact) mass is 314 g/mol. The Kier molecular flexibility index (Phi) is 4.58. The molecule has 4 unspecified atom stereocenters. The molecule has 0 N–H and O–H groups in total. The quantitative estimate of drug-likeness (QED) is 0.598. The van der Waals surface area contributed by atoms with Gasteiger partial charge in [0, 0.05) is 10.8 Å². The number of hydrogen-bond donors (Lipinski definition) is 0. The first-order chi connectivity index (χ1) is 10.4. The van der Waals surface area contributed by atoms with Gasteiger partial charge in [-0.25, -0.2) is 0 Å². The van der Waals surface area contributed by atoms with Gasteiger partial charge in [-0.15, -0.1) is 0 Å². The first-order valence-electron chi connectivity index (χ1n) is 8.79. The second kappa shape index (κ2) is 5.77. The first kappa shape index (κ1) is 18.3. The van der Waals surface area contributed by atoms with E-state index in [1.54, 1.807) is 0 Å².